The molecule has 2 aliphatic rings. The molecule has 1 aromatic carbocycles. The molecule has 1 aromatic rings. The van der Waals surface area contributed by atoms with Crippen molar-refractivity contribution in [3.63, 3.8) is 0 Å². The van der Waals surface area contributed by atoms with Crippen LogP contribution in [0.15, 0.2) is 18.2 Å². The van der Waals surface area contributed by atoms with Gasteiger partial charge in [0.25, 0.3) is 0 Å². The topological polar surface area (TPSA) is 36.5 Å². The predicted molar refractivity (Wildman–Crippen MR) is 84.0 cm³/mol. The minimum absolute atomic E-state index is 0.540. The Kier molecular flexibility index (Phi) is 4.31. The van der Waals surface area contributed by atoms with Gasteiger partial charge in [-0.1, -0.05) is 0 Å². The lowest BCUT2D eigenvalue weighted by Gasteiger charge is -2.28. The molecule has 0 unspecified atom stereocenters. The van der Waals surface area contributed by atoms with Crippen molar-refractivity contribution in [3.05, 3.63) is 18.2 Å². The van der Waals surface area contributed by atoms with E-state index in [9.17, 15) is 0 Å². The number of hydrogen-bond acceptors (Lipinski definition) is 4. The number of rotatable bonds is 4. The molecule has 0 amide bonds. The van der Waals surface area contributed by atoms with Crippen molar-refractivity contribution in [2.24, 2.45) is 0 Å². The van der Waals surface area contributed by atoms with Crippen LogP contribution in [0.3, 0.4) is 0 Å². The number of hydrogen-bond donors (Lipinski definition) is 2. The van der Waals surface area contributed by atoms with Crippen LogP contribution < -0.4 is 20.3 Å². The molecule has 2 saturated heterocycles. The van der Waals surface area contributed by atoms with Gasteiger partial charge in [-0.05, 0) is 44.4 Å². The van der Waals surface area contributed by atoms with Crippen LogP contribution in [0.2, 0.25) is 0 Å². The van der Waals surface area contributed by atoms with Gasteiger partial charge in [0.15, 0.2) is 0 Å². The van der Waals surface area contributed by atoms with Gasteiger partial charge in [0.2, 0.25) is 0 Å². The smallest absolute Gasteiger partial charge is 0.121 e. The van der Waals surface area contributed by atoms with E-state index >= 15 is 0 Å². The Bertz CT molecular complexity index is 437. The van der Waals surface area contributed by atoms with Crippen molar-refractivity contribution in [2.75, 3.05) is 43.5 Å². The molecule has 2 aliphatic heterocycles. The summed E-state index contributed by atoms with van der Waals surface area (Å²) in [6.45, 7) is 4.53. The molecule has 0 bridgehead atoms. The molecule has 2 N–H and O–H groups in total. The zero-order valence-corrected chi connectivity index (χ0v) is 12.3. The van der Waals surface area contributed by atoms with E-state index in [0.29, 0.717) is 6.04 Å². The Labute approximate surface area is 121 Å². The van der Waals surface area contributed by atoms with Gasteiger partial charge in [0.05, 0.1) is 18.5 Å². The Balaban J connectivity index is 1.80. The highest BCUT2D eigenvalue weighted by molar-refractivity contribution is 5.72. The van der Waals surface area contributed by atoms with Crippen LogP contribution in [0.5, 0.6) is 5.75 Å². The van der Waals surface area contributed by atoms with Gasteiger partial charge in [0.1, 0.15) is 5.75 Å². The maximum atomic E-state index is 5.39. The predicted octanol–water partition coefficient (Wildman–Crippen LogP) is 2.46. The van der Waals surface area contributed by atoms with E-state index in [1.165, 1.54) is 37.1 Å². The number of benzene rings is 1. The molecule has 4 heteroatoms. The SMILES string of the molecule is COc1ccc(N[C@@H]2CCCNC2)c(N2CCCC2)c1. The van der Waals surface area contributed by atoms with E-state index in [4.69, 9.17) is 4.74 Å². The first kappa shape index (κ1) is 13.6. The first-order chi connectivity index (χ1) is 9.86. The van der Waals surface area contributed by atoms with Crippen LogP contribution in [-0.2, 0) is 0 Å². The first-order valence-corrected chi connectivity index (χ1v) is 7.77. The van der Waals surface area contributed by atoms with E-state index < -0.39 is 0 Å². The summed E-state index contributed by atoms with van der Waals surface area (Å²) >= 11 is 0. The van der Waals surface area contributed by atoms with E-state index in [0.717, 1.165) is 31.9 Å². The quantitative estimate of drug-likeness (QED) is 0.885. The molecule has 3 rings (SSSR count). The summed E-state index contributed by atoms with van der Waals surface area (Å²) in [5, 5.41) is 7.18. The van der Waals surface area contributed by atoms with Crippen molar-refractivity contribution in [1.29, 1.82) is 0 Å². The number of anilines is 2. The van der Waals surface area contributed by atoms with Crippen LogP contribution in [0, 0.1) is 0 Å². The van der Waals surface area contributed by atoms with E-state index in [-0.39, 0.29) is 0 Å². The lowest BCUT2D eigenvalue weighted by molar-refractivity contribution is 0.415. The lowest BCUT2D eigenvalue weighted by atomic mass is 10.1. The van der Waals surface area contributed by atoms with Gasteiger partial charge in [-0.2, -0.15) is 0 Å². The van der Waals surface area contributed by atoms with E-state index in [1.807, 2.05) is 0 Å². The number of methoxy groups -OCH3 is 1. The number of nitrogens with one attached hydrogen (secondary N) is 2. The summed E-state index contributed by atoms with van der Waals surface area (Å²) in [5.41, 5.74) is 2.55. The second-order valence-electron chi connectivity index (χ2n) is 5.76. The van der Waals surface area contributed by atoms with Gasteiger partial charge < -0.3 is 20.3 Å². The number of piperidine rings is 1. The summed E-state index contributed by atoms with van der Waals surface area (Å²) in [4.78, 5) is 2.47. The second kappa shape index (κ2) is 6.35. The molecule has 0 spiro atoms. The van der Waals surface area contributed by atoms with Crippen molar-refractivity contribution >= 4 is 11.4 Å². The summed E-state index contributed by atoms with van der Waals surface area (Å²) in [7, 11) is 1.74. The van der Waals surface area contributed by atoms with Crippen molar-refractivity contribution in [2.45, 2.75) is 31.7 Å². The summed E-state index contributed by atoms with van der Waals surface area (Å²) in [6, 6.07) is 6.93. The zero-order chi connectivity index (χ0) is 13.8. The molecule has 1 atom stereocenters. The molecule has 20 heavy (non-hydrogen) atoms. The monoisotopic (exact) mass is 275 g/mol. The minimum atomic E-state index is 0.540. The van der Waals surface area contributed by atoms with Crippen LogP contribution in [0.4, 0.5) is 11.4 Å². The molecule has 4 nitrogen and oxygen atoms in total. The highest BCUT2D eigenvalue weighted by Crippen LogP contribution is 2.33. The van der Waals surface area contributed by atoms with Crippen LogP contribution in [0.25, 0.3) is 0 Å². The number of nitrogens with zero attached hydrogens (tertiary/aromatic N) is 1. The fraction of sp³-hybridized carbons (Fsp3) is 0.625. The molecular weight excluding hydrogens is 250 g/mol. The zero-order valence-electron chi connectivity index (χ0n) is 12.3. The summed E-state index contributed by atoms with van der Waals surface area (Å²) in [5.74, 6) is 0.944. The fourth-order valence-electron chi connectivity index (χ4n) is 3.18. The first-order valence-electron chi connectivity index (χ1n) is 7.77. The maximum absolute atomic E-state index is 5.39. The van der Waals surface area contributed by atoms with Gasteiger partial charge in [-0.25, -0.2) is 0 Å². The van der Waals surface area contributed by atoms with Crippen molar-refractivity contribution in [3.8, 4) is 5.75 Å². The highest BCUT2D eigenvalue weighted by Gasteiger charge is 2.19. The van der Waals surface area contributed by atoms with E-state index in [2.05, 4.69) is 33.7 Å². The molecule has 0 aliphatic carbocycles. The van der Waals surface area contributed by atoms with Crippen molar-refractivity contribution in [1.82, 2.24) is 5.32 Å². The van der Waals surface area contributed by atoms with Crippen LogP contribution >= 0.6 is 0 Å². The average Bonchev–Trinajstić information content (AvgIpc) is 3.03. The van der Waals surface area contributed by atoms with Gasteiger partial charge in [-0.15, -0.1) is 0 Å². The Hall–Kier alpha value is -1.42. The van der Waals surface area contributed by atoms with Gasteiger partial charge in [-0.3, -0.25) is 0 Å². The highest BCUT2D eigenvalue weighted by atomic mass is 16.5. The third-order valence-corrected chi connectivity index (χ3v) is 4.31. The Morgan fingerprint density at radius 3 is 2.80 bits per heavy atom. The summed E-state index contributed by atoms with van der Waals surface area (Å²) < 4.78 is 5.39. The minimum Gasteiger partial charge on any atom is -0.497 e. The molecule has 110 valence electrons. The van der Waals surface area contributed by atoms with Crippen molar-refractivity contribution < 1.29 is 4.74 Å². The molecule has 0 radical (unpaired) electrons. The normalized spacial score (nSPS) is 22.9. The average molecular weight is 275 g/mol. The molecule has 0 aromatic heterocycles. The van der Waals surface area contributed by atoms with Gasteiger partial charge >= 0.3 is 0 Å². The molecule has 0 saturated carbocycles. The molecule has 2 fully saturated rings. The number of ether oxygens (including phenoxy) is 1. The largest absolute Gasteiger partial charge is 0.497 e. The standard InChI is InChI=1S/C16H25N3O/c1-20-14-6-7-15(18-13-5-4-8-17-12-13)16(11-14)19-9-2-3-10-19/h6-7,11,13,17-18H,2-5,8-10,12H2,1H3/t13-/m1/s1. The Morgan fingerprint density at radius 1 is 1.25 bits per heavy atom. The fourth-order valence-corrected chi connectivity index (χ4v) is 3.18. The van der Waals surface area contributed by atoms with Crippen LogP contribution in [-0.4, -0.2) is 39.3 Å². The lowest BCUT2D eigenvalue weighted by Crippen LogP contribution is -2.38. The third kappa shape index (κ3) is 3.01. The summed E-state index contributed by atoms with van der Waals surface area (Å²) in [6.07, 6.45) is 5.09. The van der Waals surface area contributed by atoms with Crippen LogP contribution in [0.1, 0.15) is 25.7 Å². The Morgan fingerprint density at radius 2 is 2.10 bits per heavy atom. The van der Waals surface area contributed by atoms with Gasteiger partial charge in [0, 0.05) is 31.7 Å². The van der Waals surface area contributed by atoms with E-state index in [1.54, 1.807) is 7.11 Å². The molecular formula is C16H25N3O. The maximum Gasteiger partial charge on any atom is 0.121 e. The third-order valence-electron chi connectivity index (χ3n) is 4.31. The second-order valence-corrected chi connectivity index (χ2v) is 5.76. The molecule has 2 heterocycles.